The number of nitrogens with zero attached hydrogens (tertiary/aromatic N) is 1. The van der Waals surface area contributed by atoms with E-state index in [2.05, 4.69) is 59.6 Å². The number of hydrogen-bond donors (Lipinski definition) is 0. The summed E-state index contributed by atoms with van der Waals surface area (Å²) in [6.45, 7) is 3.62. The highest BCUT2D eigenvalue weighted by Crippen LogP contribution is 2.35. The smallest absolute Gasteiger partial charge is 0.0701 e. The molecular weight excluding hydrogens is 350 g/mol. The van der Waals surface area contributed by atoms with Crippen LogP contribution in [0.1, 0.15) is 5.56 Å². The molecule has 0 aliphatic rings. The molecule has 0 aromatic heterocycles. The van der Waals surface area contributed by atoms with Crippen molar-refractivity contribution in [2.45, 2.75) is 0 Å². The lowest BCUT2D eigenvalue weighted by Gasteiger charge is -2.12. The van der Waals surface area contributed by atoms with E-state index >= 15 is 0 Å². The average molecular weight is 375 g/mol. The van der Waals surface area contributed by atoms with Crippen molar-refractivity contribution in [3.63, 3.8) is 0 Å². The third-order valence-corrected chi connectivity index (χ3v) is 4.96. The summed E-state index contributed by atoms with van der Waals surface area (Å²) < 4.78 is 15.8. The van der Waals surface area contributed by atoms with Crippen LogP contribution < -0.4 is 0 Å². The molecule has 4 aromatic carbocycles. The molecule has 0 radical (unpaired) electrons. The van der Waals surface area contributed by atoms with Gasteiger partial charge in [-0.15, -0.1) is 0 Å². The Kier molecular flexibility index (Phi) is 6.12. The molecular formula is C24H25NO3. The molecule has 28 heavy (non-hydrogen) atoms. The van der Waals surface area contributed by atoms with Crippen molar-refractivity contribution in [2.75, 3.05) is 46.7 Å². The third-order valence-electron chi connectivity index (χ3n) is 4.96. The van der Waals surface area contributed by atoms with E-state index in [-0.39, 0.29) is 0 Å². The Balaban J connectivity index is 1.42. The summed E-state index contributed by atoms with van der Waals surface area (Å²) in [6, 6.07) is 19.6. The second-order valence-corrected chi connectivity index (χ2v) is 6.76. The van der Waals surface area contributed by atoms with Crippen LogP contribution in [0.4, 0.5) is 0 Å². The van der Waals surface area contributed by atoms with E-state index in [0.29, 0.717) is 39.6 Å². The fourth-order valence-corrected chi connectivity index (χ4v) is 3.61. The molecule has 0 N–H and O–H groups in total. The molecule has 4 heteroatoms. The highest BCUT2D eigenvalue weighted by Gasteiger charge is 2.09. The number of aliphatic imine (C=N–C) groups is 1. The minimum absolute atomic E-state index is 0.581. The first-order valence-corrected chi connectivity index (χ1v) is 9.69. The lowest BCUT2D eigenvalue weighted by atomic mass is 9.92. The molecule has 0 amide bonds. The van der Waals surface area contributed by atoms with Crippen molar-refractivity contribution in [2.24, 2.45) is 4.99 Å². The lowest BCUT2D eigenvalue weighted by Crippen LogP contribution is -2.09. The van der Waals surface area contributed by atoms with Crippen LogP contribution in [0.15, 0.2) is 59.6 Å². The normalized spacial score (nSPS) is 12.2. The summed E-state index contributed by atoms with van der Waals surface area (Å²) >= 11 is 0. The molecule has 0 atom stereocenters. The van der Waals surface area contributed by atoms with Gasteiger partial charge in [0, 0.05) is 18.9 Å². The lowest BCUT2D eigenvalue weighted by molar-refractivity contribution is 0.0268. The Morgan fingerprint density at radius 2 is 1.36 bits per heavy atom. The van der Waals surface area contributed by atoms with Crippen molar-refractivity contribution >= 4 is 38.5 Å². The quantitative estimate of drug-likeness (QED) is 0.229. The molecule has 0 fully saturated rings. The van der Waals surface area contributed by atoms with Gasteiger partial charge in [-0.25, -0.2) is 0 Å². The summed E-state index contributed by atoms with van der Waals surface area (Å²) in [4.78, 5) is 4.56. The van der Waals surface area contributed by atoms with Gasteiger partial charge in [0.2, 0.25) is 0 Å². The Labute approximate surface area is 165 Å². The zero-order valence-electron chi connectivity index (χ0n) is 16.2. The van der Waals surface area contributed by atoms with Gasteiger partial charge in [0.05, 0.1) is 39.6 Å². The van der Waals surface area contributed by atoms with E-state index in [1.54, 1.807) is 7.11 Å². The molecule has 0 saturated carbocycles. The van der Waals surface area contributed by atoms with E-state index < -0.39 is 0 Å². The summed E-state index contributed by atoms with van der Waals surface area (Å²) in [5.41, 5.74) is 1.15. The zero-order valence-corrected chi connectivity index (χ0v) is 16.2. The summed E-state index contributed by atoms with van der Waals surface area (Å²) in [5, 5.41) is 7.75. The van der Waals surface area contributed by atoms with E-state index in [9.17, 15) is 0 Å². The molecule has 0 spiro atoms. The molecule has 4 aromatic rings. The van der Waals surface area contributed by atoms with Crippen LogP contribution in [-0.2, 0) is 14.2 Å². The maximum Gasteiger partial charge on any atom is 0.0701 e. The van der Waals surface area contributed by atoms with E-state index in [4.69, 9.17) is 14.2 Å². The van der Waals surface area contributed by atoms with Gasteiger partial charge in [-0.2, -0.15) is 0 Å². The van der Waals surface area contributed by atoms with Crippen LogP contribution in [0.25, 0.3) is 32.3 Å². The second kappa shape index (κ2) is 9.11. The Bertz CT molecular complexity index is 1060. The summed E-state index contributed by atoms with van der Waals surface area (Å²) in [6.07, 6.45) is 1.96. The van der Waals surface area contributed by atoms with Crippen molar-refractivity contribution in [3.8, 4) is 0 Å². The topological polar surface area (TPSA) is 40.0 Å². The van der Waals surface area contributed by atoms with Crippen LogP contribution in [0.5, 0.6) is 0 Å². The Hall–Kier alpha value is -2.53. The Morgan fingerprint density at radius 3 is 2.14 bits per heavy atom. The zero-order chi connectivity index (χ0) is 19.2. The molecule has 0 saturated heterocycles. The number of rotatable bonds is 10. The molecule has 0 heterocycles. The summed E-state index contributed by atoms with van der Waals surface area (Å²) in [7, 11) is 1.67. The van der Waals surface area contributed by atoms with Gasteiger partial charge in [-0.05, 0) is 32.3 Å². The van der Waals surface area contributed by atoms with Crippen LogP contribution in [0.3, 0.4) is 0 Å². The molecule has 4 rings (SSSR count). The SMILES string of the molecule is COCCOCCOCCN=Cc1ccc2ccc3cccc4ccc1c2c34. The van der Waals surface area contributed by atoms with Crippen molar-refractivity contribution in [1.29, 1.82) is 0 Å². The van der Waals surface area contributed by atoms with Crippen LogP contribution in [0.2, 0.25) is 0 Å². The first-order valence-electron chi connectivity index (χ1n) is 9.69. The van der Waals surface area contributed by atoms with Gasteiger partial charge in [0.25, 0.3) is 0 Å². The standard InChI is InChI=1S/C24H25NO3/c1-26-13-14-28-16-15-27-12-11-25-17-21-8-7-20-6-5-18-3-2-4-19-9-10-22(21)24(20)23(18)19/h2-10,17H,11-16H2,1H3. The number of benzene rings is 4. The van der Waals surface area contributed by atoms with Crippen LogP contribution in [-0.4, -0.2) is 52.9 Å². The van der Waals surface area contributed by atoms with Gasteiger partial charge >= 0.3 is 0 Å². The first kappa shape index (κ1) is 18.8. The molecule has 4 nitrogen and oxygen atoms in total. The first-order chi connectivity index (χ1) is 13.9. The molecule has 144 valence electrons. The Morgan fingerprint density at radius 1 is 0.714 bits per heavy atom. The highest BCUT2D eigenvalue weighted by molar-refractivity contribution is 6.25. The maximum atomic E-state index is 5.55. The van der Waals surface area contributed by atoms with Crippen LogP contribution in [0, 0.1) is 0 Å². The van der Waals surface area contributed by atoms with Gasteiger partial charge < -0.3 is 14.2 Å². The predicted octanol–water partition coefficient (Wildman–Crippen LogP) is 4.68. The van der Waals surface area contributed by atoms with E-state index in [0.717, 1.165) is 5.56 Å². The minimum atomic E-state index is 0.581. The number of ether oxygens (including phenoxy) is 3. The van der Waals surface area contributed by atoms with E-state index in [1.807, 2.05) is 6.21 Å². The van der Waals surface area contributed by atoms with Gasteiger partial charge in [0.1, 0.15) is 0 Å². The number of methoxy groups -OCH3 is 1. The highest BCUT2D eigenvalue weighted by atomic mass is 16.5. The monoisotopic (exact) mass is 375 g/mol. The largest absolute Gasteiger partial charge is 0.382 e. The molecule has 0 aliphatic heterocycles. The second-order valence-electron chi connectivity index (χ2n) is 6.76. The minimum Gasteiger partial charge on any atom is -0.382 e. The van der Waals surface area contributed by atoms with Crippen LogP contribution >= 0.6 is 0 Å². The van der Waals surface area contributed by atoms with Crippen molar-refractivity contribution in [3.05, 3.63) is 60.2 Å². The molecule has 0 unspecified atom stereocenters. The predicted molar refractivity (Wildman–Crippen MR) is 116 cm³/mol. The third kappa shape index (κ3) is 3.99. The average Bonchev–Trinajstić information content (AvgIpc) is 2.74. The van der Waals surface area contributed by atoms with Crippen molar-refractivity contribution in [1.82, 2.24) is 0 Å². The van der Waals surface area contributed by atoms with Gasteiger partial charge in [0.15, 0.2) is 0 Å². The fraction of sp³-hybridized carbons (Fsp3) is 0.292. The van der Waals surface area contributed by atoms with E-state index in [1.165, 1.54) is 32.3 Å². The van der Waals surface area contributed by atoms with Gasteiger partial charge in [-0.1, -0.05) is 54.6 Å². The fourth-order valence-electron chi connectivity index (χ4n) is 3.61. The van der Waals surface area contributed by atoms with Crippen molar-refractivity contribution < 1.29 is 14.2 Å². The molecule has 0 aliphatic carbocycles. The molecule has 0 bridgehead atoms. The number of hydrogen-bond acceptors (Lipinski definition) is 4. The summed E-state index contributed by atoms with van der Waals surface area (Å²) in [5.74, 6) is 0. The van der Waals surface area contributed by atoms with Gasteiger partial charge in [-0.3, -0.25) is 4.99 Å². The maximum absolute atomic E-state index is 5.55.